The molecule has 0 saturated heterocycles. The zero-order valence-electron chi connectivity index (χ0n) is 11.3. The summed E-state index contributed by atoms with van der Waals surface area (Å²) < 4.78 is 0. The van der Waals surface area contributed by atoms with Gasteiger partial charge >= 0.3 is 0 Å². The van der Waals surface area contributed by atoms with E-state index in [4.69, 9.17) is 5.73 Å². The molecule has 0 aromatic heterocycles. The van der Waals surface area contributed by atoms with Gasteiger partial charge in [-0.1, -0.05) is 19.1 Å². The zero-order chi connectivity index (χ0) is 13.8. The average molecular weight is 262 g/mol. The molecule has 4 nitrogen and oxygen atoms in total. The van der Waals surface area contributed by atoms with Crippen molar-refractivity contribution >= 4 is 5.91 Å². The van der Waals surface area contributed by atoms with Crippen molar-refractivity contribution < 1.29 is 9.90 Å². The number of hydrogen-bond acceptors (Lipinski definition) is 3. The van der Waals surface area contributed by atoms with Crippen LogP contribution in [0, 0.1) is 11.8 Å². The molecule has 2 rings (SSSR count). The normalized spacial score (nSPS) is 17.8. The molecule has 1 aliphatic carbocycles. The van der Waals surface area contributed by atoms with E-state index in [-0.39, 0.29) is 11.7 Å². The van der Waals surface area contributed by atoms with Crippen molar-refractivity contribution in [2.24, 2.45) is 17.6 Å². The quantitative estimate of drug-likeness (QED) is 0.726. The molecule has 1 aliphatic rings. The highest BCUT2D eigenvalue weighted by Gasteiger charge is 2.28. The number of phenols is 1. The van der Waals surface area contributed by atoms with Crippen LogP contribution in [0.15, 0.2) is 24.3 Å². The van der Waals surface area contributed by atoms with E-state index in [9.17, 15) is 9.90 Å². The minimum atomic E-state index is -0.532. The third-order valence-electron chi connectivity index (χ3n) is 3.75. The number of benzene rings is 1. The minimum Gasteiger partial charge on any atom is -0.508 e. The van der Waals surface area contributed by atoms with E-state index in [1.54, 1.807) is 24.3 Å². The summed E-state index contributed by atoms with van der Waals surface area (Å²) in [5.74, 6) is 1.46. The van der Waals surface area contributed by atoms with Crippen LogP contribution < -0.4 is 11.1 Å². The summed E-state index contributed by atoms with van der Waals surface area (Å²) in [7, 11) is 0. The van der Waals surface area contributed by atoms with Gasteiger partial charge in [0.2, 0.25) is 5.91 Å². The first-order chi connectivity index (χ1) is 9.06. The van der Waals surface area contributed by atoms with Crippen molar-refractivity contribution in [2.45, 2.75) is 32.2 Å². The Bertz CT molecular complexity index is 426. The summed E-state index contributed by atoms with van der Waals surface area (Å²) in [5.41, 5.74) is 6.85. The number of phenolic OH excluding ortho intramolecular Hbond substituents is 1. The number of aromatic hydroxyl groups is 1. The third-order valence-corrected chi connectivity index (χ3v) is 3.75. The number of hydrogen-bond donors (Lipinski definition) is 3. The van der Waals surface area contributed by atoms with Crippen LogP contribution in [0.4, 0.5) is 0 Å². The first-order valence-corrected chi connectivity index (χ1v) is 6.87. The number of carbonyl (C=O) groups excluding carboxylic acids is 1. The summed E-state index contributed by atoms with van der Waals surface area (Å²) in [6.45, 7) is 2.89. The Morgan fingerprint density at radius 1 is 1.42 bits per heavy atom. The Hall–Kier alpha value is -1.55. The Kier molecular flexibility index (Phi) is 4.43. The second-order valence-electron chi connectivity index (χ2n) is 5.54. The topological polar surface area (TPSA) is 75.4 Å². The molecule has 0 aliphatic heterocycles. The molecule has 0 heterocycles. The maximum Gasteiger partial charge on any atom is 0.237 e. The fourth-order valence-electron chi connectivity index (χ4n) is 2.20. The summed E-state index contributed by atoms with van der Waals surface area (Å²) in [6.07, 6.45) is 3.07. The van der Waals surface area contributed by atoms with Gasteiger partial charge in [-0.3, -0.25) is 4.79 Å². The molecule has 4 heteroatoms. The lowest BCUT2D eigenvalue weighted by molar-refractivity contribution is -0.122. The van der Waals surface area contributed by atoms with Crippen LogP contribution in [0.2, 0.25) is 0 Å². The molecule has 1 fully saturated rings. The van der Waals surface area contributed by atoms with Gasteiger partial charge in [0.15, 0.2) is 0 Å². The Morgan fingerprint density at radius 2 is 2.05 bits per heavy atom. The molecule has 2 atom stereocenters. The van der Waals surface area contributed by atoms with Gasteiger partial charge in [0, 0.05) is 6.54 Å². The predicted octanol–water partition coefficient (Wildman–Crippen LogP) is 1.42. The molecular weight excluding hydrogens is 240 g/mol. The Balaban J connectivity index is 1.76. The van der Waals surface area contributed by atoms with Crippen molar-refractivity contribution in [3.8, 4) is 5.75 Å². The van der Waals surface area contributed by atoms with Gasteiger partial charge in [-0.05, 0) is 48.8 Å². The minimum absolute atomic E-state index is 0.0967. The zero-order valence-corrected chi connectivity index (χ0v) is 11.3. The molecule has 0 spiro atoms. The van der Waals surface area contributed by atoms with E-state index in [0.29, 0.717) is 18.9 Å². The van der Waals surface area contributed by atoms with E-state index in [1.807, 2.05) is 0 Å². The highest BCUT2D eigenvalue weighted by atomic mass is 16.3. The maximum absolute atomic E-state index is 11.9. The van der Waals surface area contributed by atoms with Crippen LogP contribution in [0.1, 0.15) is 25.3 Å². The summed E-state index contributed by atoms with van der Waals surface area (Å²) in [5, 5.41) is 12.1. The molecule has 0 radical (unpaired) electrons. The van der Waals surface area contributed by atoms with E-state index in [2.05, 4.69) is 12.2 Å². The highest BCUT2D eigenvalue weighted by molar-refractivity contribution is 5.81. The van der Waals surface area contributed by atoms with E-state index in [0.717, 1.165) is 11.5 Å². The van der Waals surface area contributed by atoms with Gasteiger partial charge in [-0.15, -0.1) is 0 Å². The SMILES string of the molecule is CC(CNC(=O)[C@H](N)Cc1ccc(O)cc1)C1CC1. The molecule has 1 aromatic rings. The second kappa shape index (κ2) is 6.06. The van der Waals surface area contributed by atoms with Crippen molar-refractivity contribution in [2.75, 3.05) is 6.54 Å². The van der Waals surface area contributed by atoms with E-state index >= 15 is 0 Å². The van der Waals surface area contributed by atoms with Gasteiger partial charge in [-0.25, -0.2) is 0 Å². The fourth-order valence-corrected chi connectivity index (χ4v) is 2.20. The van der Waals surface area contributed by atoms with Crippen molar-refractivity contribution in [3.63, 3.8) is 0 Å². The smallest absolute Gasteiger partial charge is 0.237 e. The summed E-state index contributed by atoms with van der Waals surface area (Å²) in [6, 6.07) is 6.26. The van der Waals surface area contributed by atoms with E-state index < -0.39 is 6.04 Å². The molecule has 19 heavy (non-hydrogen) atoms. The van der Waals surface area contributed by atoms with Crippen LogP contribution in [0.3, 0.4) is 0 Å². The molecule has 1 unspecified atom stereocenters. The van der Waals surface area contributed by atoms with Crippen LogP contribution in [0.25, 0.3) is 0 Å². The molecule has 0 bridgehead atoms. The standard InChI is InChI=1S/C15H22N2O2/c1-10(12-4-5-12)9-17-15(19)14(16)8-11-2-6-13(18)7-3-11/h2-3,6-7,10,12,14,18H,4-5,8-9,16H2,1H3,(H,17,19)/t10?,14-/m1/s1. The highest BCUT2D eigenvalue weighted by Crippen LogP contribution is 2.36. The summed E-state index contributed by atoms with van der Waals surface area (Å²) in [4.78, 5) is 11.9. The number of nitrogens with two attached hydrogens (primary N) is 1. The number of carbonyl (C=O) groups is 1. The second-order valence-corrected chi connectivity index (χ2v) is 5.54. The van der Waals surface area contributed by atoms with Crippen molar-refractivity contribution in [1.82, 2.24) is 5.32 Å². The van der Waals surface area contributed by atoms with Crippen LogP contribution in [-0.4, -0.2) is 23.6 Å². The van der Waals surface area contributed by atoms with Crippen LogP contribution >= 0.6 is 0 Å². The molecule has 104 valence electrons. The van der Waals surface area contributed by atoms with Gasteiger partial charge < -0.3 is 16.2 Å². The van der Waals surface area contributed by atoms with Crippen LogP contribution in [-0.2, 0) is 11.2 Å². The lowest BCUT2D eigenvalue weighted by atomic mass is 10.0. The monoisotopic (exact) mass is 262 g/mol. The maximum atomic E-state index is 11.9. The van der Waals surface area contributed by atoms with Gasteiger partial charge in [0.1, 0.15) is 5.75 Å². The molecular formula is C15H22N2O2. The van der Waals surface area contributed by atoms with Gasteiger partial charge in [-0.2, -0.15) is 0 Å². The predicted molar refractivity (Wildman–Crippen MR) is 74.7 cm³/mol. The van der Waals surface area contributed by atoms with Crippen molar-refractivity contribution in [3.05, 3.63) is 29.8 Å². The molecule has 1 aromatic carbocycles. The lowest BCUT2D eigenvalue weighted by Gasteiger charge is -2.15. The average Bonchev–Trinajstić information content (AvgIpc) is 3.22. The fraction of sp³-hybridized carbons (Fsp3) is 0.533. The number of nitrogens with one attached hydrogen (secondary N) is 1. The van der Waals surface area contributed by atoms with Crippen LogP contribution in [0.5, 0.6) is 5.75 Å². The largest absolute Gasteiger partial charge is 0.508 e. The summed E-state index contributed by atoms with van der Waals surface area (Å²) >= 11 is 0. The number of amides is 1. The lowest BCUT2D eigenvalue weighted by Crippen LogP contribution is -2.43. The molecule has 1 amide bonds. The Labute approximate surface area is 114 Å². The van der Waals surface area contributed by atoms with Gasteiger partial charge in [0.25, 0.3) is 0 Å². The molecule has 4 N–H and O–H groups in total. The first kappa shape index (κ1) is 13.9. The van der Waals surface area contributed by atoms with Gasteiger partial charge in [0.05, 0.1) is 6.04 Å². The van der Waals surface area contributed by atoms with Crippen molar-refractivity contribution in [1.29, 1.82) is 0 Å². The first-order valence-electron chi connectivity index (χ1n) is 6.87. The third kappa shape index (κ3) is 4.24. The Morgan fingerprint density at radius 3 is 2.63 bits per heavy atom. The molecule has 1 saturated carbocycles. The van der Waals surface area contributed by atoms with E-state index in [1.165, 1.54) is 12.8 Å². The number of rotatable bonds is 6.